The number of fused-ring (bicyclic) bond motifs is 7. The number of para-hydroxylation sites is 4. The van der Waals surface area contributed by atoms with Gasteiger partial charge in [-0.15, -0.1) is 0 Å². The number of likely N-dealkylation sites (N-methyl/N-ethyl adjacent to an activating group) is 4. The van der Waals surface area contributed by atoms with E-state index >= 15 is 0 Å². The lowest BCUT2D eigenvalue weighted by molar-refractivity contribution is -0.160. The maximum absolute atomic E-state index is 14.8. The molecule has 0 aliphatic carbocycles. The molecule has 8 amide bonds. The van der Waals surface area contributed by atoms with E-state index in [9.17, 15) is 47.9 Å². The van der Waals surface area contributed by atoms with Crippen LogP contribution in [0.15, 0.2) is 60.9 Å². The standard InChI is InChI=1S/C50H62N12O12S2/c1-25(2)39-49(71)73-21-35(57-41(63)33-19-51-29-15-11-13-17-31(29)55-33)43(65)53-28(6)46(68)60(8)38-24-76-75-23-37(47(69)61(39)9)59(7)45(67)27(5)54-44(66)36(22-74-50(72)40(26(3)4)62(10)48(38)70)58-42(64)34-20-52-30-16-12-14-18-32(30)56-34/h11-20,25-28,35-40H,21-24H2,1-10H3,(H,53,65)(H,54,66)(H,57,63)(H,58,64)/t27-,28-,35+,36+,37-,38-,39-,40+/m0/s1. The van der Waals surface area contributed by atoms with E-state index in [-0.39, 0.29) is 22.9 Å². The van der Waals surface area contributed by atoms with Crippen LogP contribution in [0.5, 0.6) is 0 Å². The molecular weight excluding hydrogens is 1020 g/mol. The Hall–Kier alpha value is -7.48. The van der Waals surface area contributed by atoms with Crippen molar-refractivity contribution in [1.29, 1.82) is 0 Å². The minimum absolute atomic E-state index is 0.157. The average molecular weight is 1090 g/mol. The number of amides is 8. The van der Waals surface area contributed by atoms with E-state index in [0.717, 1.165) is 41.2 Å². The van der Waals surface area contributed by atoms with Crippen molar-refractivity contribution < 1.29 is 57.4 Å². The van der Waals surface area contributed by atoms with Crippen molar-refractivity contribution in [3.05, 3.63) is 72.3 Å². The molecular formula is C50H62N12O12S2. The highest BCUT2D eigenvalue weighted by atomic mass is 33.1. The Labute approximate surface area is 446 Å². The fourth-order valence-corrected chi connectivity index (χ4v) is 11.1. The van der Waals surface area contributed by atoms with Crippen LogP contribution >= 0.6 is 21.6 Å². The quantitative estimate of drug-likeness (QED) is 0.152. The Morgan fingerprint density at radius 1 is 0.553 bits per heavy atom. The molecule has 0 spiro atoms. The van der Waals surface area contributed by atoms with E-state index in [2.05, 4.69) is 41.2 Å². The molecule has 2 bridgehead atoms. The molecule has 4 heterocycles. The van der Waals surface area contributed by atoms with Crippen molar-refractivity contribution in [2.45, 2.75) is 89.9 Å². The first-order valence-corrected chi connectivity index (χ1v) is 26.8. The predicted octanol–water partition coefficient (Wildman–Crippen LogP) is 0.594. The molecule has 2 aromatic carbocycles. The minimum atomic E-state index is -1.65. The zero-order chi connectivity index (χ0) is 55.7. The topological polar surface area (TPSA) is 302 Å². The van der Waals surface area contributed by atoms with Gasteiger partial charge in [0.25, 0.3) is 11.8 Å². The lowest BCUT2D eigenvalue weighted by Gasteiger charge is -2.37. The summed E-state index contributed by atoms with van der Waals surface area (Å²) in [6.45, 7) is 7.71. The van der Waals surface area contributed by atoms with E-state index < -0.39 is 133 Å². The summed E-state index contributed by atoms with van der Waals surface area (Å²) in [6, 6.07) is 2.10. The Balaban J connectivity index is 1.39. The van der Waals surface area contributed by atoms with Crippen LogP contribution in [0.4, 0.5) is 0 Å². The summed E-state index contributed by atoms with van der Waals surface area (Å²) in [5, 5.41) is 10.2. The van der Waals surface area contributed by atoms with Crippen LogP contribution in [0.2, 0.25) is 0 Å². The van der Waals surface area contributed by atoms with Gasteiger partial charge >= 0.3 is 11.9 Å². The molecule has 2 aliphatic rings. The van der Waals surface area contributed by atoms with Crippen molar-refractivity contribution in [3.8, 4) is 0 Å². The summed E-state index contributed by atoms with van der Waals surface area (Å²) in [5.41, 5.74) is 1.39. The van der Waals surface area contributed by atoms with Gasteiger partial charge in [-0.1, -0.05) is 73.5 Å². The first-order valence-electron chi connectivity index (χ1n) is 24.3. The van der Waals surface area contributed by atoms with Gasteiger partial charge in [0, 0.05) is 39.7 Å². The number of ether oxygens (including phenoxy) is 2. The van der Waals surface area contributed by atoms with Gasteiger partial charge in [0.2, 0.25) is 35.4 Å². The second kappa shape index (κ2) is 25.4. The molecule has 4 aromatic rings. The number of carbonyl (C=O) groups excluding carboxylic acids is 10. The largest absolute Gasteiger partial charge is 0.461 e. The Bertz CT molecular complexity index is 2700. The molecule has 406 valence electrons. The number of cyclic esters (lactones) is 2. The molecule has 6 rings (SSSR count). The molecule has 0 unspecified atom stereocenters. The third-order valence-electron chi connectivity index (χ3n) is 12.9. The second-order valence-electron chi connectivity index (χ2n) is 19.0. The number of nitrogens with zero attached hydrogens (tertiary/aromatic N) is 8. The highest BCUT2D eigenvalue weighted by Crippen LogP contribution is 2.29. The summed E-state index contributed by atoms with van der Waals surface area (Å²) in [4.78, 5) is 164. The number of hydrogen-bond donors (Lipinski definition) is 4. The molecule has 76 heavy (non-hydrogen) atoms. The highest BCUT2D eigenvalue weighted by Gasteiger charge is 2.42. The van der Waals surface area contributed by atoms with Crippen molar-refractivity contribution in [2.75, 3.05) is 52.9 Å². The number of aromatic nitrogens is 4. The number of rotatable bonds is 6. The van der Waals surface area contributed by atoms with Crippen molar-refractivity contribution >= 4 is 103 Å². The SMILES string of the molecule is CC(C)[C@H]1C(=O)OC[C@@H](NC(=O)c2cnc3ccccc3n2)C(=O)N[C@@H](C)C(=O)N(C)[C@H]2CSSC[C@@H](C(=O)N1C)N(C)C(=O)[C@H](C)NC(=O)[C@H](NC(=O)c1cnc3ccccc3n1)COC(=O)[C@@H](C(C)C)N(C)C2=O. The van der Waals surface area contributed by atoms with E-state index in [1.807, 2.05) is 0 Å². The van der Waals surface area contributed by atoms with Crippen LogP contribution in [-0.2, 0) is 47.8 Å². The maximum atomic E-state index is 14.8. The fourth-order valence-electron chi connectivity index (χ4n) is 8.56. The van der Waals surface area contributed by atoms with Crippen molar-refractivity contribution in [2.24, 2.45) is 11.8 Å². The van der Waals surface area contributed by atoms with Gasteiger partial charge < -0.3 is 50.3 Å². The smallest absolute Gasteiger partial charge is 0.329 e. The molecule has 2 saturated heterocycles. The van der Waals surface area contributed by atoms with Gasteiger partial charge in [0.05, 0.1) is 34.5 Å². The molecule has 0 radical (unpaired) electrons. The van der Waals surface area contributed by atoms with E-state index in [1.54, 1.807) is 76.2 Å². The molecule has 2 aliphatic heterocycles. The molecule has 8 atom stereocenters. The third kappa shape index (κ3) is 13.5. The van der Waals surface area contributed by atoms with Gasteiger partial charge in [-0.25, -0.2) is 19.6 Å². The number of hydrogen-bond acceptors (Lipinski definition) is 18. The van der Waals surface area contributed by atoms with E-state index in [1.165, 1.54) is 54.4 Å². The molecule has 2 aromatic heterocycles. The number of carbonyl (C=O) groups is 10. The average Bonchev–Trinajstić information content (AvgIpc) is 3.39. The Kier molecular flexibility index (Phi) is 19.3. The number of esters is 2. The summed E-state index contributed by atoms with van der Waals surface area (Å²) in [5.74, 6) is -10.3. The first-order chi connectivity index (χ1) is 36.0. The molecule has 24 nitrogen and oxygen atoms in total. The van der Waals surface area contributed by atoms with Gasteiger partial charge in [-0.3, -0.25) is 48.3 Å². The number of nitrogens with one attached hydrogen (secondary N) is 4. The van der Waals surface area contributed by atoms with E-state index in [4.69, 9.17) is 9.47 Å². The van der Waals surface area contributed by atoms with Crippen LogP contribution in [-0.4, -0.2) is 200 Å². The summed E-state index contributed by atoms with van der Waals surface area (Å²) in [7, 11) is 7.48. The van der Waals surface area contributed by atoms with E-state index in [0.29, 0.717) is 22.1 Å². The maximum Gasteiger partial charge on any atom is 0.329 e. The third-order valence-corrected chi connectivity index (χ3v) is 15.2. The number of benzene rings is 2. The van der Waals surface area contributed by atoms with Gasteiger partial charge in [-0.2, -0.15) is 0 Å². The van der Waals surface area contributed by atoms with Crippen LogP contribution in [0.1, 0.15) is 62.5 Å². The summed E-state index contributed by atoms with van der Waals surface area (Å²) in [6.07, 6.45) is 2.40. The normalized spacial score (nSPS) is 24.7. The van der Waals surface area contributed by atoms with Gasteiger partial charge in [-0.05, 0) is 49.9 Å². The first kappa shape index (κ1) is 57.8. The minimum Gasteiger partial charge on any atom is -0.461 e. The monoisotopic (exact) mass is 1090 g/mol. The molecule has 4 N–H and O–H groups in total. The lowest BCUT2D eigenvalue weighted by Crippen LogP contribution is -2.60. The fraction of sp³-hybridized carbons (Fsp3) is 0.480. The highest BCUT2D eigenvalue weighted by molar-refractivity contribution is 8.76. The van der Waals surface area contributed by atoms with Crippen LogP contribution in [0, 0.1) is 11.8 Å². The summed E-state index contributed by atoms with van der Waals surface area (Å²) >= 11 is 0. The second-order valence-corrected chi connectivity index (χ2v) is 21.6. The molecule has 26 heteroatoms. The summed E-state index contributed by atoms with van der Waals surface area (Å²) < 4.78 is 11.4. The van der Waals surface area contributed by atoms with Gasteiger partial charge in [0.15, 0.2) is 0 Å². The predicted molar refractivity (Wildman–Crippen MR) is 280 cm³/mol. The van der Waals surface area contributed by atoms with Crippen LogP contribution in [0.3, 0.4) is 0 Å². The lowest BCUT2D eigenvalue weighted by atomic mass is 10.0. The molecule has 0 saturated carbocycles. The van der Waals surface area contributed by atoms with Crippen LogP contribution in [0.25, 0.3) is 22.1 Å². The zero-order valence-electron chi connectivity index (χ0n) is 43.7. The Morgan fingerprint density at radius 3 is 1.24 bits per heavy atom. The zero-order valence-corrected chi connectivity index (χ0v) is 45.3. The Morgan fingerprint density at radius 2 is 0.895 bits per heavy atom. The molecule has 2 fully saturated rings. The van der Waals surface area contributed by atoms with Crippen molar-refractivity contribution in [1.82, 2.24) is 60.8 Å². The van der Waals surface area contributed by atoms with Crippen molar-refractivity contribution in [3.63, 3.8) is 0 Å². The van der Waals surface area contributed by atoms with Gasteiger partial charge in [0.1, 0.15) is 72.9 Å². The van der Waals surface area contributed by atoms with Crippen LogP contribution < -0.4 is 21.3 Å².